The summed E-state index contributed by atoms with van der Waals surface area (Å²) in [6, 6.07) is 0.899. The molecule has 0 aliphatic heterocycles. The van der Waals surface area contributed by atoms with Gasteiger partial charge in [-0.1, -0.05) is 19.3 Å². The van der Waals surface area contributed by atoms with Gasteiger partial charge >= 0.3 is 0 Å². The van der Waals surface area contributed by atoms with Crippen molar-refractivity contribution in [2.24, 2.45) is 5.92 Å². The third kappa shape index (κ3) is 1.96. The first-order valence-corrected chi connectivity index (χ1v) is 5.18. The number of rotatable bonds is 3. The van der Waals surface area contributed by atoms with Gasteiger partial charge in [-0.25, -0.2) is 0 Å². The Balaban J connectivity index is 1.57. The quantitative estimate of drug-likeness (QED) is 0.656. The van der Waals surface area contributed by atoms with Crippen LogP contribution in [0.15, 0.2) is 0 Å². The molecule has 0 heterocycles. The molecule has 1 N–H and O–H groups in total. The normalized spacial score (nSPS) is 27.3. The van der Waals surface area contributed by atoms with Crippen LogP contribution in [-0.4, -0.2) is 12.6 Å². The Morgan fingerprint density at radius 3 is 2.18 bits per heavy atom. The molecule has 0 aromatic heterocycles. The average Bonchev–Trinajstić information content (AvgIpc) is 2.36. The molecular formula is C10H19N. The van der Waals surface area contributed by atoms with E-state index in [9.17, 15) is 0 Å². The Labute approximate surface area is 69.6 Å². The average molecular weight is 153 g/mol. The minimum Gasteiger partial charge on any atom is -0.314 e. The third-order valence-electron chi connectivity index (χ3n) is 3.28. The molecule has 2 fully saturated rings. The smallest absolute Gasteiger partial charge is 0.00671 e. The van der Waals surface area contributed by atoms with E-state index in [0.29, 0.717) is 0 Å². The van der Waals surface area contributed by atoms with Gasteiger partial charge in [-0.3, -0.25) is 0 Å². The van der Waals surface area contributed by atoms with Crippen molar-refractivity contribution < 1.29 is 0 Å². The van der Waals surface area contributed by atoms with E-state index in [1.54, 1.807) is 0 Å². The van der Waals surface area contributed by atoms with Crippen molar-refractivity contribution >= 4 is 0 Å². The van der Waals surface area contributed by atoms with Crippen LogP contribution in [0.1, 0.15) is 44.9 Å². The number of hydrogen-bond donors (Lipinski definition) is 1. The summed E-state index contributed by atoms with van der Waals surface area (Å²) in [5.41, 5.74) is 0. The van der Waals surface area contributed by atoms with E-state index in [1.165, 1.54) is 51.5 Å². The summed E-state index contributed by atoms with van der Waals surface area (Å²) in [5, 5.41) is 3.66. The number of nitrogens with one attached hydrogen (secondary N) is 1. The molecule has 2 aliphatic carbocycles. The Morgan fingerprint density at radius 1 is 0.909 bits per heavy atom. The topological polar surface area (TPSA) is 12.0 Å². The van der Waals surface area contributed by atoms with Gasteiger partial charge in [-0.2, -0.15) is 0 Å². The van der Waals surface area contributed by atoms with Crippen LogP contribution in [0.2, 0.25) is 0 Å². The lowest BCUT2D eigenvalue weighted by Crippen LogP contribution is -2.37. The molecule has 0 bridgehead atoms. The second kappa shape index (κ2) is 3.57. The standard InChI is InChI=1S/C10H19N/c1-2-5-9(4-1)8-11-10-6-3-7-10/h9-11H,1-8H2. The predicted octanol–water partition coefficient (Wildman–Crippen LogP) is 2.32. The largest absolute Gasteiger partial charge is 0.314 e. The van der Waals surface area contributed by atoms with Crippen LogP contribution in [0.3, 0.4) is 0 Å². The molecular weight excluding hydrogens is 134 g/mol. The van der Waals surface area contributed by atoms with Crippen molar-refractivity contribution in [1.29, 1.82) is 0 Å². The van der Waals surface area contributed by atoms with Crippen LogP contribution in [0.4, 0.5) is 0 Å². The lowest BCUT2D eigenvalue weighted by Gasteiger charge is -2.27. The molecule has 0 saturated heterocycles. The lowest BCUT2D eigenvalue weighted by molar-refractivity contribution is 0.317. The SMILES string of the molecule is C1CCC(CNC2CCC2)C1. The van der Waals surface area contributed by atoms with E-state index >= 15 is 0 Å². The second-order valence-corrected chi connectivity index (χ2v) is 4.19. The van der Waals surface area contributed by atoms with Gasteiger partial charge in [0.05, 0.1) is 0 Å². The molecule has 11 heavy (non-hydrogen) atoms. The summed E-state index contributed by atoms with van der Waals surface area (Å²) in [6.45, 7) is 1.31. The van der Waals surface area contributed by atoms with Gasteiger partial charge in [-0.05, 0) is 38.1 Å². The van der Waals surface area contributed by atoms with Gasteiger partial charge in [-0.15, -0.1) is 0 Å². The third-order valence-corrected chi connectivity index (χ3v) is 3.28. The van der Waals surface area contributed by atoms with Crippen molar-refractivity contribution in [2.75, 3.05) is 6.54 Å². The van der Waals surface area contributed by atoms with Gasteiger partial charge < -0.3 is 5.32 Å². The molecule has 2 saturated carbocycles. The zero-order valence-electron chi connectivity index (χ0n) is 7.31. The van der Waals surface area contributed by atoms with Crippen LogP contribution >= 0.6 is 0 Å². The first-order valence-electron chi connectivity index (χ1n) is 5.18. The fourth-order valence-electron chi connectivity index (χ4n) is 2.16. The van der Waals surface area contributed by atoms with Crippen LogP contribution in [-0.2, 0) is 0 Å². The maximum absolute atomic E-state index is 3.66. The van der Waals surface area contributed by atoms with Crippen LogP contribution in [0.5, 0.6) is 0 Å². The second-order valence-electron chi connectivity index (χ2n) is 4.19. The fraction of sp³-hybridized carbons (Fsp3) is 1.00. The van der Waals surface area contributed by atoms with E-state index in [-0.39, 0.29) is 0 Å². The summed E-state index contributed by atoms with van der Waals surface area (Å²) in [4.78, 5) is 0. The summed E-state index contributed by atoms with van der Waals surface area (Å²) in [6.07, 6.45) is 10.3. The molecule has 1 heteroatoms. The van der Waals surface area contributed by atoms with Gasteiger partial charge in [0.2, 0.25) is 0 Å². The minimum absolute atomic E-state index is 0.899. The van der Waals surface area contributed by atoms with Crippen molar-refractivity contribution in [2.45, 2.75) is 51.0 Å². The Hall–Kier alpha value is -0.0400. The molecule has 0 aromatic carbocycles. The highest BCUT2D eigenvalue weighted by molar-refractivity contribution is 4.78. The molecule has 2 aliphatic rings. The number of hydrogen-bond acceptors (Lipinski definition) is 1. The van der Waals surface area contributed by atoms with Crippen molar-refractivity contribution in [1.82, 2.24) is 5.32 Å². The molecule has 0 unspecified atom stereocenters. The Kier molecular flexibility index (Phi) is 2.47. The molecule has 0 amide bonds. The van der Waals surface area contributed by atoms with E-state index in [2.05, 4.69) is 5.32 Å². The van der Waals surface area contributed by atoms with Crippen molar-refractivity contribution in [3.63, 3.8) is 0 Å². The molecule has 0 aromatic rings. The molecule has 0 spiro atoms. The maximum Gasteiger partial charge on any atom is 0.00671 e. The summed E-state index contributed by atoms with van der Waals surface area (Å²) < 4.78 is 0. The molecule has 0 radical (unpaired) electrons. The summed E-state index contributed by atoms with van der Waals surface area (Å²) in [7, 11) is 0. The van der Waals surface area contributed by atoms with E-state index in [0.717, 1.165) is 12.0 Å². The first-order chi connectivity index (χ1) is 5.45. The van der Waals surface area contributed by atoms with Gasteiger partial charge in [0.1, 0.15) is 0 Å². The fourth-order valence-corrected chi connectivity index (χ4v) is 2.16. The zero-order chi connectivity index (χ0) is 7.52. The van der Waals surface area contributed by atoms with Gasteiger partial charge in [0, 0.05) is 6.04 Å². The first kappa shape index (κ1) is 7.60. The molecule has 0 atom stereocenters. The zero-order valence-corrected chi connectivity index (χ0v) is 7.31. The van der Waals surface area contributed by atoms with Crippen LogP contribution in [0.25, 0.3) is 0 Å². The van der Waals surface area contributed by atoms with Crippen molar-refractivity contribution in [3.8, 4) is 0 Å². The lowest BCUT2D eigenvalue weighted by atomic mass is 9.92. The Morgan fingerprint density at radius 2 is 1.64 bits per heavy atom. The Bertz CT molecular complexity index is 112. The minimum atomic E-state index is 0.899. The predicted molar refractivity (Wildman–Crippen MR) is 47.6 cm³/mol. The maximum atomic E-state index is 3.66. The molecule has 2 rings (SSSR count). The summed E-state index contributed by atoms with van der Waals surface area (Å²) >= 11 is 0. The highest BCUT2D eigenvalue weighted by Gasteiger charge is 2.20. The highest BCUT2D eigenvalue weighted by atomic mass is 14.9. The van der Waals surface area contributed by atoms with E-state index < -0.39 is 0 Å². The van der Waals surface area contributed by atoms with E-state index in [4.69, 9.17) is 0 Å². The highest BCUT2D eigenvalue weighted by Crippen LogP contribution is 2.25. The van der Waals surface area contributed by atoms with Crippen LogP contribution < -0.4 is 5.32 Å². The van der Waals surface area contributed by atoms with Crippen LogP contribution in [0, 0.1) is 5.92 Å². The summed E-state index contributed by atoms with van der Waals surface area (Å²) in [5.74, 6) is 1.02. The van der Waals surface area contributed by atoms with Crippen molar-refractivity contribution in [3.05, 3.63) is 0 Å². The molecule has 1 nitrogen and oxygen atoms in total. The van der Waals surface area contributed by atoms with Gasteiger partial charge in [0.15, 0.2) is 0 Å². The van der Waals surface area contributed by atoms with Gasteiger partial charge in [0.25, 0.3) is 0 Å². The monoisotopic (exact) mass is 153 g/mol. The van der Waals surface area contributed by atoms with E-state index in [1.807, 2.05) is 0 Å². The molecule has 64 valence electrons.